The fraction of sp³-hybridized carbons (Fsp3) is 0.500. The molecule has 0 aliphatic carbocycles. The number of sulfonamides is 1. The lowest BCUT2D eigenvalue weighted by molar-refractivity contribution is 0.0726. The number of furan rings is 1. The van der Waals surface area contributed by atoms with Crippen LogP contribution in [0.15, 0.2) is 23.0 Å². The van der Waals surface area contributed by atoms with Crippen molar-refractivity contribution in [2.45, 2.75) is 18.1 Å². The molecule has 1 fully saturated rings. The number of piperidine rings is 1. The van der Waals surface area contributed by atoms with E-state index in [1.807, 2.05) is 0 Å². The highest BCUT2D eigenvalue weighted by Crippen LogP contribution is 2.17. The quantitative estimate of drug-likeness (QED) is 0.818. The van der Waals surface area contributed by atoms with Crippen molar-refractivity contribution in [1.82, 2.24) is 4.90 Å². The van der Waals surface area contributed by atoms with E-state index in [-0.39, 0.29) is 12.5 Å². The van der Waals surface area contributed by atoms with Crippen molar-refractivity contribution in [3.8, 4) is 0 Å². The molecule has 7 heteroatoms. The Hall–Kier alpha value is -1.34. The summed E-state index contributed by atoms with van der Waals surface area (Å²) in [4.78, 5) is 13.5. The van der Waals surface area contributed by atoms with Crippen molar-refractivity contribution in [2.24, 2.45) is 5.14 Å². The molecule has 2 N–H and O–H groups in total. The first-order chi connectivity index (χ1) is 7.98. The van der Waals surface area contributed by atoms with Crippen molar-refractivity contribution in [3.63, 3.8) is 0 Å². The fourth-order valence-corrected chi connectivity index (χ4v) is 2.84. The monoisotopic (exact) mass is 258 g/mol. The summed E-state index contributed by atoms with van der Waals surface area (Å²) in [6.45, 7) is 0.707. The Morgan fingerprint density at radius 3 is 2.88 bits per heavy atom. The molecule has 1 atom stereocenters. The molecule has 94 valence electrons. The molecule has 0 aromatic carbocycles. The molecule has 1 aliphatic rings. The summed E-state index contributed by atoms with van der Waals surface area (Å²) < 4.78 is 27.4. The van der Waals surface area contributed by atoms with Gasteiger partial charge in [0.1, 0.15) is 6.26 Å². The molecule has 6 nitrogen and oxygen atoms in total. The van der Waals surface area contributed by atoms with Crippen LogP contribution in [0.3, 0.4) is 0 Å². The van der Waals surface area contributed by atoms with Gasteiger partial charge < -0.3 is 9.32 Å². The summed E-state index contributed by atoms with van der Waals surface area (Å²) in [6.07, 6.45) is 3.91. The molecule has 0 bridgehead atoms. The smallest absolute Gasteiger partial charge is 0.257 e. The van der Waals surface area contributed by atoms with Crippen molar-refractivity contribution >= 4 is 15.9 Å². The lowest BCUT2D eigenvalue weighted by Crippen LogP contribution is -2.46. The lowest BCUT2D eigenvalue weighted by atomic mass is 10.1. The van der Waals surface area contributed by atoms with Gasteiger partial charge in [-0.3, -0.25) is 4.79 Å². The summed E-state index contributed by atoms with van der Waals surface area (Å²) in [5, 5.41) is 4.45. The van der Waals surface area contributed by atoms with Gasteiger partial charge in [0.05, 0.1) is 17.1 Å². The molecule has 2 rings (SSSR count). The van der Waals surface area contributed by atoms with E-state index in [1.165, 1.54) is 17.4 Å². The second kappa shape index (κ2) is 4.50. The molecule has 0 radical (unpaired) electrons. The first kappa shape index (κ1) is 12.1. The van der Waals surface area contributed by atoms with Gasteiger partial charge in [0.15, 0.2) is 0 Å². The van der Waals surface area contributed by atoms with Gasteiger partial charge in [-0.25, -0.2) is 13.6 Å². The van der Waals surface area contributed by atoms with Crippen LogP contribution in [0.2, 0.25) is 0 Å². The van der Waals surface area contributed by atoms with Crippen molar-refractivity contribution in [3.05, 3.63) is 24.2 Å². The highest BCUT2D eigenvalue weighted by atomic mass is 32.2. The van der Waals surface area contributed by atoms with Gasteiger partial charge in [0.25, 0.3) is 5.91 Å². The van der Waals surface area contributed by atoms with Crippen LogP contribution in [0.5, 0.6) is 0 Å². The number of hydrogen-bond donors (Lipinski definition) is 1. The van der Waals surface area contributed by atoms with E-state index < -0.39 is 15.3 Å². The van der Waals surface area contributed by atoms with E-state index in [4.69, 9.17) is 9.56 Å². The number of rotatable bonds is 2. The first-order valence-electron chi connectivity index (χ1n) is 5.31. The third-order valence-electron chi connectivity index (χ3n) is 2.90. The summed E-state index contributed by atoms with van der Waals surface area (Å²) in [5.74, 6) is -0.216. The minimum absolute atomic E-state index is 0.156. The third-order valence-corrected chi connectivity index (χ3v) is 4.21. The molecule has 1 saturated heterocycles. The van der Waals surface area contributed by atoms with Gasteiger partial charge in [-0.05, 0) is 18.9 Å². The molecule has 1 amide bonds. The molecular weight excluding hydrogens is 244 g/mol. The second-order valence-electron chi connectivity index (χ2n) is 4.12. The number of primary sulfonamides is 1. The van der Waals surface area contributed by atoms with E-state index in [0.29, 0.717) is 24.9 Å². The molecule has 1 aliphatic heterocycles. The zero-order chi connectivity index (χ0) is 12.5. The number of nitrogens with zero attached hydrogens (tertiary/aromatic N) is 1. The van der Waals surface area contributed by atoms with Crippen molar-refractivity contribution in [2.75, 3.05) is 13.1 Å². The average molecular weight is 258 g/mol. The van der Waals surface area contributed by atoms with E-state index in [1.54, 1.807) is 6.07 Å². The normalized spacial score (nSPS) is 21.5. The number of carbonyl (C=O) groups excluding carboxylic acids is 1. The molecule has 1 aromatic rings. The van der Waals surface area contributed by atoms with Crippen molar-refractivity contribution < 1.29 is 17.6 Å². The summed E-state index contributed by atoms with van der Waals surface area (Å²) in [5.41, 5.74) is 0.431. The van der Waals surface area contributed by atoms with Crippen LogP contribution >= 0.6 is 0 Å². The fourth-order valence-electron chi connectivity index (χ4n) is 1.96. The third kappa shape index (κ3) is 2.67. The number of carbonyl (C=O) groups is 1. The molecule has 1 aromatic heterocycles. The molecular formula is C10H14N2O4S. The summed E-state index contributed by atoms with van der Waals surface area (Å²) in [6, 6.07) is 1.56. The van der Waals surface area contributed by atoms with Crippen LogP contribution in [0, 0.1) is 0 Å². The average Bonchev–Trinajstić information content (AvgIpc) is 2.80. The zero-order valence-electron chi connectivity index (χ0n) is 9.20. The summed E-state index contributed by atoms with van der Waals surface area (Å²) in [7, 11) is -3.58. The van der Waals surface area contributed by atoms with Gasteiger partial charge in [-0.15, -0.1) is 0 Å². The second-order valence-corrected chi connectivity index (χ2v) is 5.96. The van der Waals surface area contributed by atoms with Crippen LogP contribution < -0.4 is 5.14 Å². The maximum absolute atomic E-state index is 12.0. The van der Waals surface area contributed by atoms with E-state index in [2.05, 4.69) is 0 Å². The van der Waals surface area contributed by atoms with E-state index in [9.17, 15) is 13.2 Å². The Bertz CT molecular complexity index is 494. The maximum Gasteiger partial charge on any atom is 0.257 e. The van der Waals surface area contributed by atoms with E-state index >= 15 is 0 Å². The van der Waals surface area contributed by atoms with Gasteiger partial charge in [-0.1, -0.05) is 0 Å². The van der Waals surface area contributed by atoms with Gasteiger partial charge in [0, 0.05) is 13.1 Å². The number of nitrogens with two attached hydrogens (primary N) is 1. The van der Waals surface area contributed by atoms with Gasteiger partial charge in [-0.2, -0.15) is 0 Å². The van der Waals surface area contributed by atoms with Gasteiger partial charge in [0.2, 0.25) is 10.0 Å². The highest BCUT2D eigenvalue weighted by molar-refractivity contribution is 7.89. The highest BCUT2D eigenvalue weighted by Gasteiger charge is 2.30. The minimum Gasteiger partial charge on any atom is -0.472 e. The Kier molecular flexibility index (Phi) is 3.21. The topological polar surface area (TPSA) is 93.6 Å². The molecule has 0 spiro atoms. The lowest BCUT2D eigenvalue weighted by Gasteiger charge is -2.31. The maximum atomic E-state index is 12.0. The van der Waals surface area contributed by atoms with Crippen LogP contribution in [-0.2, 0) is 10.0 Å². The minimum atomic E-state index is -3.58. The Labute approximate surface area is 99.4 Å². The Morgan fingerprint density at radius 1 is 1.53 bits per heavy atom. The number of amides is 1. The van der Waals surface area contributed by atoms with Crippen LogP contribution in [0.25, 0.3) is 0 Å². The molecule has 2 heterocycles. The Balaban J connectivity index is 2.10. The molecule has 0 saturated carbocycles. The van der Waals surface area contributed by atoms with Gasteiger partial charge >= 0.3 is 0 Å². The number of hydrogen-bond acceptors (Lipinski definition) is 4. The largest absolute Gasteiger partial charge is 0.472 e. The van der Waals surface area contributed by atoms with Crippen LogP contribution in [0.4, 0.5) is 0 Å². The van der Waals surface area contributed by atoms with Crippen LogP contribution in [0.1, 0.15) is 23.2 Å². The SMILES string of the molecule is NS(=O)(=O)[C@H]1CCCN(C(=O)c2ccoc2)C1. The molecule has 17 heavy (non-hydrogen) atoms. The zero-order valence-corrected chi connectivity index (χ0v) is 10.0. The predicted molar refractivity (Wildman–Crippen MR) is 60.7 cm³/mol. The Morgan fingerprint density at radius 2 is 2.29 bits per heavy atom. The standard InChI is InChI=1S/C10H14N2O4S/c11-17(14,15)9-2-1-4-12(6-9)10(13)8-3-5-16-7-8/h3,5,7,9H,1-2,4,6H2,(H2,11,14,15)/t9-/m0/s1. The number of likely N-dealkylation sites (tertiary alicyclic amines) is 1. The van der Waals surface area contributed by atoms with E-state index in [0.717, 1.165) is 0 Å². The first-order valence-corrected chi connectivity index (χ1v) is 6.92. The molecule has 0 unspecified atom stereocenters. The summed E-state index contributed by atoms with van der Waals surface area (Å²) >= 11 is 0. The van der Waals surface area contributed by atoms with Crippen molar-refractivity contribution in [1.29, 1.82) is 0 Å². The van der Waals surface area contributed by atoms with Crippen LogP contribution in [-0.4, -0.2) is 37.6 Å². The predicted octanol–water partition coefficient (Wildman–Crippen LogP) is 0.173.